The number of aryl methyl sites for hydroxylation is 1. The Bertz CT molecular complexity index is 523. The molecular weight excluding hydrogens is 214 g/mol. The summed E-state index contributed by atoms with van der Waals surface area (Å²) in [7, 11) is 1.63. The summed E-state index contributed by atoms with van der Waals surface area (Å²) >= 11 is 0. The number of nitrogens with zero attached hydrogens (tertiary/aromatic N) is 3. The normalized spacial score (nSPS) is 10.7. The highest BCUT2D eigenvalue weighted by Crippen LogP contribution is 2.27. The van der Waals surface area contributed by atoms with Gasteiger partial charge in [-0.1, -0.05) is 6.07 Å². The van der Waals surface area contributed by atoms with Gasteiger partial charge in [0.25, 0.3) is 0 Å². The van der Waals surface area contributed by atoms with Gasteiger partial charge in [-0.15, -0.1) is 0 Å². The first-order chi connectivity index (χ1) is 8.29. The van der Waals surface area contributed by atoms with E-state index in [1.165, 1.54) is 0 Å². The van der Waals surface area contributed by atoms with Crippen molar-refractivity contribution in [1.82, 2.24) is 9.97 Å². The first-order valence-electron chi connectivity index (χ1n) is 5.25. The molecule has 0 aliphatic carbocycles. The molecular formula is C13H13N3O. The van der Waals surface area contributed by atoms with E-state index in [2.05, 4.69) is 15.0 Å². The van der Waals surface area contributed by atoms with Crippen molar-refractivity contribution in [2.75, 3.05) is 7.11 Å². The molecule has 0 bridgehead atoms. The van der Waals surface area contributed by atoms with Gasteiger partial charge in [0.2, 0.25) is 0 Å². The van der Waals surface area contributed by atoms with Crippen LogP contribution in [0.2, 0.25) is 0 Å². The van der Waals surface area contributed by atoms with Crippen LogP contribution in [0.4, 0.5) is 5.69 Å². The summed E-state index contributed by atoms with van der Waals surface area (Å²) in [6, 6.07) is 7.61. The maximum atomic E-state index is 5.26. The van der Waals surface area contributed by atoms with E-state index >= 15 is 0 Å². The van der Waals surface area contributed by atoms with Crippen molar-refractivity contribution in [3.63, 3.8) is 0 Å². The molecule has 0 atom stereocenters. The van der Waals surface area contributed by atoms with Crippen molar-refractivity contribution in [2.24, 2.45) is 4.99 Å². The zero-order chi connectivity index (χ0) is 12.1. The number of hydrogen-bond donors (Lipinski definition) is 0. The number of hydrogen-bond acceptors (Lipinski definition) is 4. The van der Waals surface area contributed by atoms with Crippen LogP contribution in [0.3, 0.4) is 0 Å². The molecule has 0 saturated heterocycles. The van der Waals surface area contributed by atoms with E-state index < -0.39 is 0 Å². The molecule has 0 aliphatic heterocycles. The Morgan fingerprint density at radius 2 is 2.00 bits per heavy atom. The van der Waals surface area contributed by atoms with Crippen LogP contribution in [-0.4, -0.2) is 23.3 Å². The Balaban J connectivity index is 2.27. The monoisotopic (exact) mass is 227 g/mol. The average molecular weight is 227 g/mol. The molecule has 1 aromatic carbocycles. The standard InChI is InChI=1S/C13H13N3O/c1-10-4-5-11(12(8-10)17-2)16-9-13-14-6-3-7-15-13/h3-9H,1-2H3/b16-9+. The molecule has 86 valence electrons. The van der Waals surface area contributed by atoms with Crippen LogP contribution >= 0.6 is 0 Å². The molecule has 4 heteroatoms. The van der Waals surface area contributed by atoms with Crippen molar-refractivity contribution in [3.05, 3.63) is 48.0 Å². The average Bonchev–Trinajstić information content (AvgIpc) is 2.38. The number of aromatic nitrogens is 2. The minimum atomic E-state index is 0.579. The molecule has 0 amide bonds. The predicted molar refractivity (Wildman–Crippen MR) is 67.0 cm³/mol. The number of aliphatic imine (C=N–C) groups is 1. The highest BCUT2D eigenvalue weighted by Gasteiger charge is 2.00. The molecule has 2 rings (SSSR count). The Morgan fingerprint density at radius 1 is 1.24 bits per heavy atom. The van der Waals surface area contributed by atoms with Crippen molar-refractivity contribution >= 4 is 11.9 Å². The lowest BCUT2D eigenvalue weighted by Gasteiger charge is -2.04. The SMILES string of the molecule is COc1cc(C)ccc1/N=C/c1ncccn1. The van der Waals surface area contributed by atoms with Crippen molar-refractivity contribution < 1.29 is 4.74 Å². The van der Waals surface area contributed by atoms with Gasteiger partial charge in [-0.2, -0.15) is 0 Å². The maximum Gasteiger partial charge on any atom is 0.170 e. The van der Waals surface area contributed by atoms with E-state index in [1.54, 1.807) is 31.8 Å². The van der Waals surface area contributed by atoms with E-state index in [0.29, 0.717) is 5.82 Å². The van der Waals surface area contributed by atoms with Gasteiger partial charge in [-0.05, 0) is 30.7 Å². The van der Waals surface area contributed by atoms with E-state index in [4.69, 9.17) is 4.74 Å². The number of methoxy groups -OCH3 is 1. The largest absolute Gasteiger partial charge is 0.494 e. The lowest BCUT2D eigenvalue weighted by Crippen LogP contribution is -1.90. The van der Waals surface area contributed by atoms with E-state index in [9.17, 15) is 0 Å². The zero-order valence-electron chi connectivity index (χ0n) is 9.79. The van der Waals surface area contributed by atoms with E-state index in [0.717, 1.165) is 17.0 Å². The summed E-state index contributed by atoms with van der Waals surface area (Å²) in [6.07, 6.45) is 4.98. The molecule has 0 unspecified atom stereocenters. The van der Waals surface area contributed by atoms with Crippen LogP contribution in [0.1, 0.15) is 11.4 Å². The summed E-state index contributed by atoms with van der Waals surface area (Å²) in [4.78, 5) is 12.4. The predicted octanol–water partition coefficient (Wildman–Crippen LogP) is 2.54. The van der Waals surface area contributed by atoms with Crippen LogP contribution in [0, 0.1) is 6.92 Å². The molecule has 2 aromatic rings. The molecule has 1 heterocycles. The van der Waals surface area contributed by atoms with Crippen LogP contribution in [0.25, 0.3) is 0 Å². The quantitative estimate of drug-likeness (QED) is 0.757. The van der Waals surface area contributed by atoms with Crippen LogP contribution in [0.5, 0.6) is 5.75 Å². The smallest absolute Gasteiger partial charge is 0.170 e. The van der Waals surface area contributed by atoms with Gasteiger partial charge < -0.3 is 4.74 Å². The summed E-state index contributed by atoms with van der Waals surface area (Å²) in [5.74, 6) is 1.33. The third-order valence-electron chi connectivity index (χ3n) is 2.24. The van der Waals surface area contributed by atoms with Gasteiger partial charge in [-0.25, -0.2) is 15.0 Å². The minimum Gasteiger partial charge on any atom is -0.494 e. The fourth-order valence-electron chi connectivity index (χ4n) is 1.40. The highest BCUT2D eigenvalue weighted by atomic mass is 16.5. The highest BCUT2D eigenvalue weighted by molar-refractivity contribution is 5.78. The van der Waals surface area contributed by atoms with Crippen LogP contribution in [-0.2, 0) is 0 Å². The fraction of sp³-hybridized carbons (Fsp3) is 0.154. The van der Waals surface area contributed by atoms with Gasteiger partial charge in [0.15, 0.2) is 5.82 Å². The van der Waals surface area contributed by atoms with Gasteiger partial charge >= 0.3 is 0 Å². The Hall–Kier alpha value is -2.23. The molecule has 0 radical (unpaired) electrons. The van der Waals surface area contributed by atoms with Gasteiger partial charge in [-0.3, -0.25) is 0 Å². The summed E-state index contributed by atoms with van der Waals surface area (Å²) < 4.78 is 5.26. The van der Waals surface area contributed by atoms with Gasteiger partial charge in [0, 0.05) is 12.4 Å². The Labute approximate surface area is 100 Å². The lowest BCUT2D eigenvalue weighted by atomic mass is 10.2. The first-order valence-corrected chi connectivity index (χ1v) is 5.25. The van der Waals surface area contributed by atoms with Crippen molar-refractivity contribution in [1.29, 1.82) is 0 Å². The first kappa shape index (κ1) is 11.3. The number of ether oxygens (including phenoxy) is 1. The molecule has 0 spiro atoms. The third-order valence-corrected chi connectivity index (χ3v) is 2.24. The molecule has 4 nitrogen and oxygen atoms in total. The number of rotatable bonds is 3. The van der Waals surface area contributed by atoms with E-state index in [-0.39, 0.29) is 0 Å². The maximum absolute atomic E-state index is 5.26. The van der Waals surface area contributed by atoms with Gasteiger partial charge in [0.1, 0.15) is 11.4 Å². The summed E-state index contributed by atoms with van der Waals surface area (Å²) in [5.41, 5.74) is 1.90. The van der Waals surface area contributed by atoms with Crippen LogP contribution in [0.15, 0.2) is 41.7 Å². The second kappa shape index (κ2) is 5.21. The Morgan fingerprint density at radius 3 is 2.71 bits per heavy atom. The van der Waals surface area contributed by atoms with Crippen LogP contribution < -0.4 is 4.74 Å². The third kappa shape index (κ3) is 2.87. The minimum absolute atomic E-state index is 0.579. The summed E-state index contributed by atoms with van der Waals surface area (Å²) in [6.45, 7) is 2.01. The number of benzene rings is 1. The topological polar surface area (TPSA) is 47.4 Å². The van der Waals surface area contributed by atoms with Crippen molar-refractivity contribution in [2.45, 2.75) is 6.92 Å². The van der Waals surface area contributed by atoms with E-state index in [1.807, 2.05) is 25.1 Å². The zero-order valence-corrected chi connectivity index (χ0v) is 9.79. The molecule has 0 saturated carbocycles. The molecule has 17 heavy (non-hydrogen) atoms. The lowest BCUT2D eigenvalue weighted by molar-refractivity contribution is 0.416. The molecule has 0 fully saturated rings. The molecule has 0 aliphatic rings. The molecule has 0 N–H and O–H groups in total. The van der Waals surface area contributed by atoms with Crippen molar-refractivity contribution in [3.8, 4) is 5.75 Å². The second-order valence-electron chi connectivity index (χ2n) is 3.54. The molecule has 1 aromatic heterocycles. The second-order valence-corrected chi connectivity index (χ2v) is 3.54. The summed E-state index contributed by atoms with van der Waals surface area (Å²) in [5, 5.41) is 0. The van der Waals surface area contributed by atoms with Gasteiger partial charge in [0.05, 0.1) is 13.3 Å². The Kier molecular flexibility index (Phi) is 3.45. The fourth-order valence-corrected chi connectivity index (χ4v) is 1.40.